The smallest absolute Gasteiger partial charge is 0.345 e. The van der Waals surface area contributed by atoms with E-state index in [-0.39, 0.29) is 33.8 Å². The quantitative estimate of drug-likeness (QED) is 0.488. The minimum absolute atomic E-state index is 0.0353. The molecule has 0 aromatic carbocycles. The molecule has 1 amide bonds. The number of rotatable bonds is 5. The number of H-pyrrole nitrogens is 1. The first kappa shape index (κ1) is 23.8. The maximum absolute atomic E-state index is 13.1. The largest absolute Gasteiger partial charge is 0.417 e. The van der Waals surface area contributed by atoms with Gasteiger partial charge < -0.3 is 15.6 Å². The summed E-state index contributed by atoms with van der Waals surface area (Å²) in [7, 11) is 0. The van der Waals surface area contributed by atoms with E-state index < -0.39 is 35.9 Å². The summed E-state index contributed by atoms with van der Waals surface area (Å²) in [5.74, 6) is -1.23. The number of fused-ring (bicyclic) bond motifs is 1. The van der Waals surface area contributed by atoms with Crippen molar-refractivity contribution in [3.63, 3.8) is 0 Å². The van der Waals surface area contributed by atoms with E-state index in [1.807, 2.05) is 6.07 Å². The number of aromatic amines is 1. The highest BCUT2D eigenvalue weighted by atomic mass is 19.4. The zero-order valence-electron chi connectivity index (χ0n) is 17.0. The third kappa shape index (κ3) is 5.30. The van der Waals surface area contributed by atoms with Crippen molar-refractivity contribution >= 4 is 22.9 Å². The second kappa shape index (κ2) is 8.23. The Labute approximate surface area is 182 Å². The van der Waals surface area contributed by atoms with Gasteiger partial charge in [0, 0.05) is 23.3 Å². The van der Waals surface area contributed by atoms with Gasteiger partial charge in [-0.05, 0) is 19.9 Å². The molecule has 0 saturated carbocycles. The lowest BCUT2D eigenvalue weighted by Crippen LogP contribution is -2.50. The van der Waals surface area contributed by atoms with Crippen molar-refractivity contribution in [1.82, 2.24) is 25.3 Å². The molecule has 3 heterocycles. The van der Waals surface area contributed by atoms with Crippen LogP contribution in [-0.2, 0) is 11.0 Å². The van der Waals surface area contributed by atoms with Gasteiger partial charge in [-0.3, -0.25) is 4.79 Å². The van der Waals surface area contributed by atoms with E-state index in [4.69, 9.17) is 0 Å². The molecular weight excluding hydrogens is 456 g/mol. The molecular formula is C19H15F6N7O. The van der Waals surface area contributed by atoms with E-state index in [1.54, 1.807) is 5.32 Å². The summed E-state index contributed by atoms with van der Waals surface area (Å²) in [5.41, 5.74) is -2.52. The first-order valence-corrected chi connectivity index (χ1v) is 9.16. The Morgan fingerprint density at radius 2 is 1.85 bits per heavy atom. The molecule has 3 aromatic rings. The van der Waals surface area contributed by atoms with Crippen molar-refractivity contribution in [2.75, 3.05) is 11.9 Å². The van der Waals surface area contributed by atoms with Gasteiger partial charge in [0.1, 0.15) is 23.8 Å². The molecule has 174 valence electrons. The van der Waals surface area contributed by atoms with Gasteiger partial charge in [-0.1, -0.05) is 0 Å². The predicted molar refractivity (Wildman–Crippen MR) is 104 cm³/mol. The number of carbonyl (C=O) groups is 1. The highest BCUT2D eigenvalue weighted by Crippen LogP contribution is 2.34. The van der Waals surface area contributed by atoms with Crippen molar-refractivity contribution < 1.29 is 31.1 Å². The number of pyridine rings is 1. The van der Waals surface area contributed by atoms with Gasteiger partial charge in [0.25, 0.3) is 0 Å². The minimum Gasteiger partial charge on any atom is -0.345 e. The van der Waals surface area contributed by atoms with E-state index in [1.165, 1.54) is 20.0 Å². The topological polar surface area (TPSA) is 119 Å². The summed E-state index contributed by atoms with van der Waals surface area (Å²) < 4.78 is 76.5. The zero-order valence-corrected chi connectivity index (χ0v) is 17.0. The molecule has 0 fully saturated rings. The maximum atomic E-state index is 13.1. The normalized spacial score (nSPS) is 12.5. The fraction of sp³-hybridized carbons (Fsp3) is 0.316. The lowest BCUT2D eigenvalue weighted by Gasteiger charge is -2.25. The highest BCUT2D eigenvalue weighted by molar-refractivity contribution is 5.94. The summed E-state index contributed by atoms with van der Waals surface area (Å²) >= 11 is 0. The van der Waals surface area contributed by atoms with Crippen molar-refractivity contribution in [1.29, 1.82) is 5.26 Å². The standard InChI is InChI=1S/C19H15F6N7O/c1-17(2,15(33)30-8-18(20,21)22)32-16-29-5-9(4-26)13(31-16)12-7-28-14-11(12)3-10(6-27-14)19(23,24)25/h3,5-7H,8H2,1-2H3,(H,27,28)(H,30,33)(H,29,31,32). The zero-order chi connectivity index (χ0) is 24.6. The van der Waals surface area contributed by atoms with Crippen LogP contribution in [0.3, 0.4) is 0 Å². The Hall–Kier alpha value is -3.89. The number of halogens is 6. The van der Waals surface area contributed by atoms with Crippen molar-refractivity contribution in [3.05, 3.63) is 35.8 Å². The molecule has 0 saturated heterocycles. The van der Waals surface area contributed by atoms with Gasteiger partial charge >= 0.3 is 12.4 Å². The molecule has 0 aliphatic heterocycles. The van der Waals surface area contributed by atoms with Crippen LogP contribution in [0.4, 0.5) is 32.3 Å². The van der Waals surface area contributed by atoms with Gasteiger partial charge in [-0.15, -0.1) is 0 Å². The van der Waals surface area contributed by atoms with Crippen LogP contribution in [0.25, 0.3) is 22.3 Å². The Balaban J connectivity index is 1.99. The molecule has 0 bridgehead atoms. The van der Waals surface area contributed by atoms with E-state index >= 15 is 0 Å². The molecule has 0 aliphatic rings. The average molecular weight is 471 g/mol. The molecule has 0 radical (unpaired) electrons. The number of anilines is 1. The monoisotopic (exact) mass is 471 g/mol. The summed E-state index contributed by atoms with van der Waals surface area (Å²) in [6, 6.07) is 2.68. The molecule has 0 atom stereocenters. The van der Waals surface area contributed by atoms with Crippen LogP contribution in [-0.4, -0.2) is 44.1 Å². The van der Waals surface area contributed by atoms with Crippen molar-refractivity contribution in [3.8, 4) is 17.3 Å². The summed E-state index contributed by atoms with van der Waals surface area (Å²) in [6.45, 7) is 1.02. The Kier molecular flexibility index (Phi) is 5.93. The summed E-state index contributed by atoms with van der Waals surface area (Å²) in [6.07, 6.45) is -6.22. The van der Waals surface area contributed by atoms with E-state index in [0.29, 0.717) is 6.20 Å². The van der Waals surface area contributed by atoms with Gasteiger partial charge in [0.05, 0.1) is 23.0 Å². The molecule has 8 nitrogen and oxygen atoms in total. The van der Waals surface area contributed by atoms with E-state index in [2.05, 4.69) is 25.3 Å². The molecule has 3 rings (SSSR count). The first-order valence-electron chi connectivity index (χ1n) is 9.16. The molecule has 0 aliphatic carbocycles. The number of carbonyl (C=O) groups excluding carboxylic acids is 1. The SMILES string of the molecule is CC(C)(Nc1ncc(C#N)c(-c2c[nH]c3ncc(C(F)(F)F)cc23)n1)C(=O)NCC(F)(F)F. The average Bonchev–Trinajstić information content (AvgIpc) is 3.13. The number of amides is 1. The van der Waals surface area contributed by atoms with Crippen molar-refractivity contribution in [2.24, 2.45) is 0 Å². The molecule has 0 spiro atoms. The lowest BCUT2D eigenvalue weighted by molar-refractivity contribution is -0.140. The molecule has 0 unspecified atom stereocenters. The Morgan fingerprint density at radius 3 is 2.45 bits per heavy atom. The number of aromatic nitrogens is 4. The van der Waals surface area contributed by atoms with Gasteiger partial charge in [-0.25, -0.2) is 15.0 Å². The summed E-state index contributed by atoms with van der Waals surface area (Å²) in [5, 5.41) is 13.8. The second-order valence-electron chi connectivity index (χ2n) is 7.44. The van der Waals surface area contributed by atoms with Gasteiger partial charge in [0.15, 0.2) is 0 Å². The fourth-order valence-electron chi connectivity index (χ4n) is 2.82. The molecule has 3 aromatic heterocycles. The number of nitrogens with one attached hydrogen (secondary N) is 3. The van der Waals surface area contributed by atoms with Gasteiger partial charge in [-0.2, -0.15) is 31.6 Å². The minimum atomic E-state index is -4.65. The predicted octanol–water partition coefficient (Wildman–Crippen LogP) is 3.78. The van der Waals surface area contributed by atoms with Gasteiger partial charge in [0.2, 0.25) is 11.9 Å². The van der Waals surface area contributed by atoms with E-state index in [0.717, 1.165) is 12.3 Å². The third-order valence-corrected chi connectivity index (χ3v) is 4.46. The Bertz CT molecular complexity index is 1240. The number of nitriles is 1. The highest BCUT2D eigenvalue weighted by Gasteiger charge is 2.34. The van der Waals surface area contributed by atoms with E-state index in [9.17, 15) is 36.4 Å². The summed E-state index contributed by atoms with van der Waals surface area (Å²) in [4.78, 5) is 26.6. The van der Waals surface area contributed by atoms with Crippen LogP contribution < -0.4 is 10.6 Å². The van der Waals surface area contributed by atoms with Crippen LogP contribution in [0.1, 0.15) is 25.0 Å². The van der Waals surface area contributed by atoms with Crippen LogP contribution in [0, 0.1) is 11.3 Å². The third-order valence-electron chi connectivity index (χ3n) is 4.46. The number of alkyl halides is 6. The molecule has 33 heavy (non-hydrogen) atoms. The number of hydrogen-bond donors (Lipinski definition) is 3. The first-order chi connectivity index (χ1) is 15.2. The van der Waals surface area contributed by atoms with Crippen molar-refractivity contribution in [2.45, 2.75) is 31.7 Å². The number of nitrogens with zero attached hydrogens (tertiary/aromatic N) is 4. The van der Waals surface area contributed by atoms with Crippen LogP contribution in [0.15, 0.2) is 24.7 Å². The van der Waals surface area contributed by atoms with Crippen LogP contribution in [0.5, 0.6) is 0 Å². The molecule has 14 heteroatoms. The maximum Gasteiger partial charge on any atom is 0.417 e. The number of hydrogen-bond acceptors (Lipinski definition) is 6. The van der Waals surface area contributed by atoms with Crippen LogP contribution in [0.2, 0.25) is 0 Å². The fourth-order valence-corrected chi connectivity index (χ4v) is 2.82. The molecule has 3 N–H and O–H groups in total. The van der Waals surface area contributed by atoms with Crippen LogP contribution >= 0.6 is 0 Å². The Morgan fingerprint density at radius 1 is 1.15 bits per heavy atom. The second-order valence-corrected chi connectivity index (χ2v) is 7.44. The lowest BCUT2D eigenvalue weighted by atomic mass is 10.0.